The van der Waals surface area contributed by atoms with Crippen LogP contribution >= 0.6 is 0 Å². The highest BCUT2D eigenvalue weighted by atomic mass is 28.4. The zero-order valence-corrected chi connectivity index (χ0v) is 13.5. The summed E-state index contributed by atoms with van der Waals surface area (Å²) < 4.78 is 6.55. The van der Waals surface area contributed by atoms with Gasteiger partial charge in [-0.3, -0.25) is 4.79 Å². The van der Waals surface area contributed by atoms with Crippen molar-refractivity contribution in [2.24, 2.45) is 0 Å². The zero-order valence-electron chi connectivity index (χ0n) is 12.5. The Bertz CT molecular complexity index is 335. The third-order valence-electron chi connectivity index (χ3n) is 4.94. The summed E-state index contributed by atoms with van der Waals surface area (Å²) in [5.74, 6) is 0.337. The van der Waals surface area contributed by atoms with E-state index in [-0.39, 0.29) is 11.1 Å². The molecule has 0 saturated carbocycles. The summed E-state index contributed by atoms with van der Waals surface area (Å²) in [4.78, 5) is 13.9. The van der Waals surface area contributed by atoms with Crippen molar-refractivity contribution < 1.29 is 9.22 Å². The van der Waals surface area contributed by atoms with E-state index in [0.717, 1.165) is 32.2 Å². The van der Waals surface area contributed by atoms with E-state index in [1.54, 1.807) is 0 Å². The van der Waals surface area contributed by atoms with Crippen molar-refractivity contribution in [1.82, 2.24) is 4.90 Å². The molecular weight excluding hydrogens is 242 g/mol. The quantitative estimate of drug-likeness (QED) is 0.721. The average molecular weight is 269 g/mol. The second kappa shape index (κ2) is 4.64. The fourth-order valence-electron chi connectivity index (χ4n) is 2.78. The first-order valence-electron chi connectivity index (χ1n) is 7.20. The van der Waals surface area contributed by atoms with Gasteiger partial charge in [0.15, 0.2) is 8.32 Å². The number of rotatable bonds is 2. The number of carbonyl (C=O) groups is 1. The fraction of sp³-hybridized carbons (Fsp3) is 0.929. The number of fused-ring (bicyclic) bond motifs is 1. The number of carbonyl (C=O) groups excluding carboxylic acids is 1. The molecule has 2 fully saturated rings. The van der Waals surface area contributed by atoms with Gasteiger partial charge in [0.05, 0.1) is 12.1 Å². The van der Waals surface area contributed by atoms with Gasteiger partial charge < -0.3 is 9.33 Å². The van der Waals surface area contributed by atoms with Gasteiger partial charge in [-0.25, -0.2) is 0 Å². The second-order valence-electron chi connectivity index (χ2n) is 7.25. The molecular formula is C14H27NO2Si. The van der Waals surface area contributed by atoms with Gasteiger partial charge in [-0.15, -0.1) is 0 Å². The monoisotopic (exact) mass is 269 g/mol. The van der Waals surface area contributed by atoms with Crippen molar-refractivity contribution in [2.45, 2.75) is 76.7 Å². The van der Waals surface area contributed by atoms with Crippen molar-refractivity contribution in [3.8, 4) is 0 Å². The van der Waals surface area contributed by atoms with Gasteiger partial charge in [-0.05, 0) is 37.4 Å². The molecule has 0 aromatic carbocycles. The maximum Gasteiger partial charge on any atom is 0.222 e. The third-order valence-corrected chi connectivity index (χ3v) is 9.45. The Morgan fingerprint density at radius 2 is 1.94 bits per heavy atom. The van der Waals surface area contributed by atoms with E-state index in [0.29, 0.717) is 11.9 Å². The van der Waals surface area contributed by atoms with Crippen LogP contribution in [0.2, 0.25) is 18.1 Å². The normalized spacial score (nSPS) is 29.6. The minimum atomic E-state index is -1.71. The third kappa shape index (κ3) is 2.50. The van der Waals surface area contributed by atoms with Crippen LogP contribution in [0.4, 0.5) is 0 Å². The van der Waals surface area contributed by atoms with Crippen LogP contribution in [0.5, 0.6) is 0 Å². The molecule has 18 heavy (non-hydrogen) atoms. The highest BCUT2D eigenvalue weighted by Crippen LogP contribution is 2.40. The molecule has 0 aliphatic carbocycles. The molecule has 0 spiro atoms. The Balaban J connectivity index is 2.07. The first-order valence-corrected chi connectivity index (χ1v) is 10.1. The van der Waals surface area contributed by atoms with E-state index >= 15 is 0 Å². The minimum Gasteiger partial charge on any atom is -0.412 e. The molecule has 2 aliphatic heterocycles. The minimum absolute atomic E-state index is 0.248. The van der Waals surface area contributed by atoms with Crippen molar-refractivity contribution in [1.29, 1.82) is 0 Å². The van der Waals surface area contributed by atoms with Gasteiger partial charge in [0.25, 0.3) is 0 Å². The van der Waals surface area contributed by atoms with Crippen LogP contribution in [-0.2, 0) is 9.22 Å². The van der Waals surface area contributed by atoms with Crippen molar-refractivity contribution >= 4 is 14.2 Å². The van der Waals surface area contributed by atoms with Crippen molar-refractivity contribution in [3.63, 3.8) is 0 Å². The second-order valence-corrected chi connectivity index (χ2v) is 12.0. The molecule has 0 aromatic rings. The Kier molecular flexibility index (Phi) is 3.62. The highest BCUT2D eigenvalue weighted by Gasteiger charge is 2.45. The molecule has 104 valence electrons. The molecule has 2 rings (SSSR count). The molecule has 4 heteroatoms. The van der Waals surface area contributed by atoms with Gasteiger partial charge in [0.2, 0.25) is 5.91 Å². The van der Waals surface area contributed by atoms with Gasteiger partial charge in [0, 0.05) is 13.0 Å². The molecule has 0 N–H and O–H groups in total. The fourth-order valence-corrected chi connectivity index (χ4v) is 4.17. The SMILES string of the molecule is CC(C)(C)[Si](C)(C)O[C@@H]1CCCN2C(=O)CC[C@@H]12. The lowest BCUT2D eigenvalue weighted by Gasteiger charge is -2.44. The molecule has 0 radical (unpaired) electrons. The summed E-state index contributed by atoms with van der Waals surface area (Å²) in [6, 6.07) is 0.361. The molecule has 2 aliphatic rings. The Hall–Kier alpha value is -0.353. The predicted octanol–water partition coefficient (Wildman–Crippen LogP) is 3.16. The average Bonchev–Trinajstić information content (AvgIpc) is 2.60. The van der Waals surface area contributed by atoms with Crippen LogP contribution in [0.1, 0.15) is 46.5 Å². The largest absolute Gasteiger partial charge is 0.412 e. The zero-order chi connectivity index (χ0) is 13.6. The topological polar surface area (TPSA) is 29.5 Å². The van der Waals surface area contributed by atoms with Crippen molar-refractivity contribution in [3.05, 3.63) is 0 Å². The standard InChI is InChI=1S/C14H27NO2Si/c1-14(2,3)18(4,5)17-12-7-6-10-15-11(12)8-9-13(15)16/h11-12H,6-10H2,1-5H3/t11-,12+/m0/s1. The van der Waals surface area contributed by atoms with Crippen molar-refractivity contribution in [2.75, 3.05) is 6.54 Å². The summed E-state index contributed by atoms with van der Waals surface area (Å²) in [6.07, 6.45) is 4.23. The van der Waals surface area contributed by atoms with E-state index in [1.165, 1.54) is 0 Å². The molecule has 0 bridgehead atoms. The van der Waals surface area contributed by atoms with E-state index < -0.39 is 8.32 Å². The maximum absolute atomic E-state index is 11.8. The summed E-state index contributed by atoms with van der Waals surface area (Å²) in [6.45, 7) is 12.4. The highest BCUT2D eigenvalue weighted by molar-refractivity contribution is 6.74. The van der Waals surface area contributed by atoms with E-state index in [1.807, 2.05) is 0 Å². The van der Waals surface area contributed by atoms with Crippen LogP contribution in [0, 0.1) is 0 Å². The van der Waals surface area contributed by atoms with Gasteiger partial charge in [0.1, 0.15) is 0 Å². The number of hydrogen-bond donors (Lipinski definition) is 0. The molecule has 0 unspecified atom stereocenters. The molecule has 0 aromatic heterocycles. The Labute approximate surface area is 112 Å². The number of hydrogen-bond acceptors (Lipinski definition) is 2. The van der Waals surface area contributed by atoms with E-state index in [4.69, 9.17) is 4.43 Å². The number of amides is 1. The molecule has 2 saturated heterocycles. The summed E-state index contributed by atoms with van der Waals surface area (Å²) >= 11 is 0. The first kappa shape index (κ1) is 14.1. The summed E-state index contributed by atoms with van der Waals surface area (Å²) in [5.41, 5.74) is 0. The van der Waals surface area contributed by atoms with Gasteiger partial charge in [-0.2, -0.15) is 0 Å². The summed E-state index contributed by atoms with van der Waals surface area (Å²) in [5, 5.41) is 0.248. The first-order chi connectivity index (χ1) is 8.22. The van der Waals surface area contributed by atoms with Gasteiger partial charge >= 0.3 is 0 Å². The smallest absolute Gasteiger partial charge is 0.222 e. The molecule has 1 amide bonds. The summed E-state index contributed by atoms with van der Waals surface area (Å²) in [7, 11) is -1.71. The van der Waals surface area contributed by atoms with Crippen LogP contribution in [0.3, 0.4) is 0 Å². The van der Waals surface area contributed by atoms with Crippen LogP contribution in [-0.4, -0.2) is 37.8 Å². The Morgan fingerprint density at radius 1 is 1.28 bits per heavy atom. The van der Waals surface area contributed by atoms with Crippen LogP contribution in [0.25, 0.3) is 0 Å². The Morgan fingerprint density at radius 3 is 2.56 bits per heavy atom. The van der Waals surface area contributed by atoms with E-state index in [2.05, 4.69) is 38.8 Å². The lowest BCUT2D eigenvalue weighted by molar-refractivity contribution is -0.131. The lowest BCUT2D eigenvalue weighted by atomic mass is 10.00. The van der Waals surface area contributed by atoms with E-state index in [9.17, 15) is 4.79 Å². The lowest BCUT2D eigenvalue weighted by Crippen LogP contribution is -2.53. The molecule has 2 heterocycles. The molecule has 3 nitrogen and oxygen atoms in total. The number of piperidine rings is 1. The van der Waals surface area contributed by atoms with Crippen LogP contribution in [0.15, 0.2) is 0 Å². The maximum atomic E-state index is 11.8. The predicted molar refractivity (Wildman–Crippen MR) is 76.0 cm³/mol. The van der Waals surface area contributed by atoms with Gasteiger partial charge in [-0.1, -0.05) is 20.8 Å². The molecule has 2 atom stereocenters. The number of nitrogens with zero attached hydrogens (tertiary/aromatic N) is 1. The van der Waals surface area contributed by atoms with Crippen LogP contribution < -0.4 is 0 Å².